The molecule has 1 saturated carbocycles. The maximum absolute atomic E-state index is 11.6. The minimum absolute atomic E-state index is 0.124. The quantitative estimate of drug-likeness (QED) is 0.700. The maximum Gasteiger partial charge on any atom is 0.326 e. The monoisotopic (exact) mass is 242 g/mol. The van der Waals surface area contributed by atoms with E-state index in [1.165, 1.54) is 0 Å². The molecule has 17 heavy (non-hydrogen) atoms. The molecule has 5 heteroatoms. The van der Waals surface area contributed by atoms with Crippen LogP contribution in [0.25, 0.3) is 0 Å². The smallest absolute Gasteiger partial charge is 0.326 e. The van der Waals surface area contributed by atoms with Crippen LogP contribution in [-0.4, -0.2) is 29.2 Å². The number of urea groups is 1. The number of hydrogen-bond acceptors (Lipinski definition) is 2. The lowest BCUT2D eigenvalue weighted by atomic mass is 10.1. The molecule has 0 aromatic heterocycles. The Hall–Kier alpha value is -1.26. The second-order valence-corrected chi connectivity index (χ2v) is 5.29. The van der Waals surface area contributed by atoms with Crippen molar-refractivity contribution in [2.45, 2.75) is 52.1 Å². The van der Waals surface area contributed by atoms with Crippen LogP contribution in [0.2, 0.25) is 0 Å². The van der Waals surface area contributed by atoms with Crippen molar-refractivity contribution in [3.63, 3.8) is 0 Å². The molecule has 0 aromatic rings. The third-order valence-electron chi connectivity index (χ3n) is 3.25. The molecule has 0 aliphatic heterocycles. The van der Waals surface area contributed by atoms with Gasteiger partial charge in [0.2, 0.25) is 0 Å². The molecule has 0 bridgehead atoms. The van der Waals surface area contributed by atoms with Gasteiger partial charge in [-0.3, -0.25) is 0 Å². The first-order valence-electron chi connectivity index (χ1n) is 6.20. The van der Waals surface area contributed by atoms with E-state index in [0.717, 1.165) is 19.3 Å². The van der Waals surface area contributed by atoms with Crippen LogP contribution in [0, 0.1) is 11.8 Å². The zero-order chi connectivity index (χ0) is 13.0. The molecule has 0 radical (unpaired) electrons. The highest BCUT2D eigenvalue weighted by Gasteiger charge is 2.26. The second kappa shape index (κ2) is 5.89. The van der Waals surface area contributed by atoms with Crippen molar-refractivity contribution in [2.75, 3.05) is 0 Å². The lowest BCUT2D eigenvalue weighted by Crippen LogP contribution is -2.50. The van der Waals surface area contributed by atoms with Gasteiger partial charge in [0.1, 0.15) is 6.04 Å². The van der Waals surface area contributed by atoms with Crippen molar-refractivity contribution < 1.29 is 14.7 Å². The number of carbonyl (C=O) groups is 2. The molecule has 0 saturated heterocycles. The fraction of sp³-hybridized carbons (Fsp3) is 0.833. The van der Waals surface area contributed by atoms with E-state index in [0.29, 0.717) is 5.92 Å². The van der Waals surface area contributed by atoms with Gasteiger partial charge >= 0.3 is 12.0 Å². The number of amides is 2. The Labute approximate surface area is 102 Å². The van der Waals surface area contributed by atoms with E-state index < -0.39 is 12.0 Å². The van der Waals surface area contributed by atoms with Gasteiger partial charge in [0, 0.05) is 6.04 Å². The first-order chi connectivity index (χ1) is 7.90. The Morgan fingerprint density at radius 2 is 1.94 bits per heavy atom. The van der Waals surface area contributed by atoms with Crippen LogP contribution >= 0.6 is 0 Å². The second-order valence-electron chi connectivity index (χ2n) is 5.29. The molecule has 2 unspecified atom stereocenters. The summed E-state index contributed by atoms with van der Waals surface area (Å²) < 4.78 is 0. The average molecular weight is 242 g/mol. The van der Waals surface area contributed by atoms with Crippen LogP contribution in [0.1, 0.15) is 40.0 Å². The van der Waals surface area contributed by atoms with Crippen LogP contribution in [0.3, 0.4) is 0 Å². The van der Waals surface area contributed by atoms with Gasteiger partial charge in [0.15, 0.2) is 0 Å². The first-order valence-corrected chi connectivity index (χ1v) is 6.20. The first kappa shape index (κ1) is 13.8. The molecule has 0 spiro atoms. The number of carboxylic acids is 1. The fourth-order valence-electron chi connectivity index (χ4n) is 2.22. The van der Waals surface area contributed by atoms with Crippen LogP contribution in [0.15, 0.2) is 0 Å². The van der Waals surface area contributed by atoms with E-state index >= 15 is 0 Å². The molecule has 98 valence electrons. The highest BCUT2D eigenvalue weighted by atomic mass is 16.4. The van der Waals surface area contributed by atoms with Gasteiger partial charge in [0.25, 0.3) is 0 Å². The van der Waals surface area contributed by atoms with Crippen molar-refractivity contribution in [3.8, 4) is 0 Å². The molecule has 3 atom stereocenters. The molecule has 1 fully saturated rings. The van der Waals surface area contributed by atoms with Crippen molar-refractivity contribution in [1.29, 1.82) is 0 Å². The van der Waals surface area contributed by atoms with Gasteiger partial charge in [0.05, 0.1) is 0 Å². The third-order valence-corrected chi connectivity index (χ3v) is 3.25. The molecule has 1 aliphatic rings. The van der Waals surface area contributed by atoms with E-state index in [4.69, 9.17) is 5.11 Å². The summed E-state index contributed by atoms with van der Waals surface area (Å²) in [5.74, 6) is -0.476. The Kier molecular flexibility index (Phi) is 4.78. The van der Waals surface area contributed by atoms with Crippen LogP contribution < -0.4 is 10.6 Å². The van der Waals surface area contributed by atoms with Gasteiger partial charge in [-0.1, -0.05) is 20.8 Å². The van der Waals surface area contributed by atoms with E-state index in [9.17, 15) is 9.59 Å². The molecule has 1 aliphatic carbocycles. The van der Waals surface area contributed by atoms with Crippen LogP contribution in [0.4, 0.5) is 4.79 Å². The maximum atomic E-state index is 11.6. The molecule has 2 amide bonds. The van der Waals surface area contributed by atoms with Crippen molar-refractivity contribution >= 4 is 12.0 Å². The highest BCUT2D eigenvalue weighted by Crippen LogP contribution is 2.24. The lowest BCUT2D eigenvalue weighted by molar-refractivity contribution is -0.140. The number of hydrogen-bond donors (Lipinski definition) is 3. The molecule has 3 N–H and O–H groups in total. The van der Waals surface area contributed by atoms with Crippen molar-refractivity contribution in [2.24, 2.45) is 11.8 Å². The number of carbonyl (C=O) groups excluding carboxylic acids is 1. The topological polar surface area (TPSA) is 78.4 Å². The summed E-state index contributed by atoms with van der Waals surface area (Å²) in [6.45, 7) is 5.71. The zero-order valence-electron chi connectivity index (χ0n) is 10.7. The normalized spacial score (nSPS) is 25.6. The highest BCUT2D eigenvalue weighted by molar-refractivity contribution is 5.82. The number of aliphatic carboxylic acids is 1. The summed E-state index contributed by atoms with van der Waals surface area (Å²) in [4.78, 5) is 22.6. The molecule has 0 heterocycles. The van der Waals surface area contributed by atoms with Crippen molar-refractivity contribution in [3.05, 3.63) is 0 Å². The van der Waals surface area contributed by atoms with Gasteiger partial charge in [-0.05, 0) is 31.1 Å². The van der Waals surface area contributed by atoms with Gasteiger partial charge in [-0.25, -0.2) is 9.59 Å². The molecule has 1 rings (SSSR count). The molecular weight excluding hydrogens is 220 g/mol. The molecule has 5 nitrogen and oxygen atoms in total. The Morgan fingerprint density at radius 1 is 1.29 bits per heavy atom. The summed E-state index contributed by atoms with van der Waals surface area (Å²) >= 11 is 0. The summed E-state index contributed by atoms with van der Waals surface area (Å²) in [6.07, 6.45) is 3.08. The van der Waals surface area contributed by atoms with Gasteiger partial charge in [-0.15, -0.1) is 0 Å². The van der Waals surface area contributed by atoms with E-state index in [1.807, 2.05) is 0 Å². The Morgan fingerprint density at radius 3 is 2.35 bits per heavy atom. The average Bonchev–Trinajstić information content (AvgIpc) is 2.59. The van der Waals surface area contributed by atoms with Crippen LogP contribution in [-0.2, 0) is 4.79 Å². The predicted molar refractivity (Wildman–Crippen MR) is 64.7 cm³/mol. The lowest BCUT2D eigenvalue weighted by Gasteiger charge is -2.20. The minimum atomic E-state index is -0.991. The summed E-state index contributed by atoms with van der Waals surface area (Å²) in [5.41, 5.74) is 0. The largest absolute Gasteiger partial charge is 0.480 e. The minimum Gasteiger partial charge on any atom is -0.480 e. The van der Waals surface area contributed by atoms with E-state index in [1.54, 1.807) is 13.8 Å². The number of carboxylic acid groups (broad SMARTS) is 1. The number of rotatable bonds is 4. The molecular formula is C12H22N2O3. The van der Waals surface area contributed by atoms with Crippen LogP contribution in [0.5, 0.6) is 0 Å². The summed E-state index contributed by atoms with van der Waals surface area (Å²) in [5, 5.41) is 14.3. The Bertz CT molecular complexity index is 291. The van der Waals surface area contributed by atoms with E-state index in [2.05, 4.69) is 17.6 Å². The zero-order valence-corrected chi connectivity index (χ0v) is 10.7. The third kappa shape index (κ3) is 4.24. The van der Waals surface area contributed by atoms with E-state index in [-0.39, 0.29) is 18.0 Å². The van der Waals surface area contributed by atoms with Crippen molar-refractivity contribution in [1.82, 2.24) is 10.6 Å². The fourth-order valence-corrected chi connectivity index (χ4v) is 2.22. The standard InChI is InChI=1S/C12H22N2O3/c1-7(2)10(11(15)16)14-12(17)13-9-5-4-8(3)6-9/h7-10H,4-6H2,1-3H3,(H,15,16)(H2,13,14,17)/t8?,9?,10-/m1/s1. The van der Waals surface area contributed by atoms with Gasteiger partial charge < -0.3 is 15.7 Å². The Balaban J connectivity index is 2.40. The summed E-state index contributed by atoms with van der Waals surface area (Å²) in [6, 6.07) is -1.01. The SMILES string of the molecule is CC1CCC(NC(=O)N[C@@H](C(=O)O)C(C)C)C1. The van der Waals surface area contributed by atoms with Gasteiger partial charge in [-0.2, -0.15) is 0 Å². The molecule has 0 aromatic carbocycles. The predicted octanol–water partition coefficient (Wildman–Crippen LogP) is 1.58. The summed E-state index contributed by atoms with van der Waals surface area (Å²) in [7, 11) is 0. The number of nitrogens with one attached hydrogen (secondary N) is 2.